The van der Waals surface area contributed by atoms with Crippen LogP contribution in [0.5, 0.6) is 11.8 Å². The molecule has 0 fully saturated rings. The maximum Gasteiger partial charge on any atom is 0.341 e. The molecule has 3 rings (SSSR count). The zero-order valence-corrected chi connectivity index (χ0v) is 9.74. The summed E-state index contributed by atoms with van der Waals surface area (Å²) in [6.45, 7) is 0. The van der Waals surface area contributed by atoms with Crippen LogP contribution in [0.4, 0.5) is 5.69 Å². The summed E-state index contributed by atoms with van der Waals surface area (Å²) < 4.78 is 7.18. The molecule has 0 aliphatic carbocycles. The van der Waals surface area contributed by atoms with E-state index in [1.54, 1.807) is 36.4 Å². The number of aryl methyl sites for hydroxylation is 1. The van der Waals surface area contributed by atoms with Gasteiger partial charge in [0.25, 0.3) is 0 Å². The minimum Gasteiger partial charge on any atom is -0.421 e. The lowest BCUT2D eigenvalue weighted by molar-refractivity contribution is 0.443. The molecule has 0 atom stereocenters. The number of anilines is 1. The fraction of sp³-hybridized carbons (Fsp3) is 0.0833. The van der Waals surface area contributed by atoms with E-state index in [1.807, 2.05) is 12.1 Å². The summed E-state index contributed by atoms with van der Waals surface area (Å²) in [5.74, 6) is 0.589. The lowest BCUT2D eigenvalue weighted by Crippen LogP contribution is -1.94. The number of nitrogens with zero attached hydrogens (tertiary/aromatic N) is 4. The molecule has 1 aromatic carbocycles. The summed E-state index contributed by atoms with van der Waals surface area (Å²) in [6, 6.07) is 7.57. The molecule has 0 radical (unpaired) electrons. The normalized spacial score (nSPS) is 10.7. The molecule has 0 saturated heterocycles. The molecule has 3 aromatic rings. The van der Waals surface area contributed by atoms with Crippen molar-refractivity contribution in [2.75, 3.05) is 5.73 Å². The van der Waals surface area contributed by atoms with E-state index < -0.39 is 0 Å². The van der Waals surface area contributed by atoms with Crippen molar-refractivity contribution in [1.29, 1.82) is 0 Å². The molecular weight excluding hydrogens is 230 g/mol. The molecule has 2 N–H and O–H groups in total. The molecule has 90 valence electrons. The van der Waals surface area contributed by atoms with E-state index in [1.165, 1.54) is 0 Å². The van der Waals surface area contributed by atoms with Gasteiger partial charge in [-0.05, 0) is 24.3 Å². The quantitative estimate of drug-likeness (QED) is 0.691. The van der Waals surface area contributed by atoms with Crippen LogP contribution < -0.4 is 10.5 Å². The van der Waals surface area contributed by atoms with Crippen LogP contribution in [0.2, 0.25) is 0 Å². The van der Waals surface area contributed by atoms with Gasteiger partial charge in [-0.25, -0.2) is 0 Å². The van der Waals surface area contributed by atoms with Gasteiger partial charge in [-0.3, -0.25) is 9.67 Å². The average Bonchev–Trinajstić information content (AvgIpc) is 2.79. The molecular formula is C12H11N5O. The van der Waals surface area contributed by atoms with Crippen molar-refractivity contribution in [2.24, 2.45) is 7.05 Å². The van der Waals surface area contributed by atoms with Gasteiger partial charge in [0, 0.05) is 24.3 Å². The van der Waals surface area contributed by atoms with Crippen LogP contribution in [0.25, 0.3) is 10.9 Å². The fourth-order valence-electron chi connectivity index (χ4n) is 1.72. The Labute approximate surface area is 103 Å². The Morgan fingerprint density at radius 3 is 2.89 bits per heavy atom. The van der Waals surface area contributed by atoms with Gasteiger partial charge in [-0.2, -0.15) is 4.98 Å². The second kappa shape index (κ2) is 3.99. The number of aromatic nitrogens is 4. The zero-order chi connectivity index (χ0) is 12.5. The molecule has 6 nitrogen and oxygen atoms in total. The summed E-state index contributed by atoms with van der Waals surface area (Å²) in [5, 5.41) is 4.91. The predicted molar refractivity (Wildman–Crippen MR) is 67.2 cm³/mol. The van der Waals surface area contributed by atoms with E-state index in [4.69, 9.17) is 10.5 Å². The smallest absolute Gasteiger partial charge is 0.341 e. The fourth-order valence-corrected chi connectivity index (χ4v) is 1.72. The summed E-state index contributed by atoms with van der Waals surface area (Å²) in [5.41, 5.74) is 7.26. The van der Waals surface area contributed by atoms with Crippen molar-refractivity contribution in [3.63, 3.8) is 0 Å². The summed E-state index contributed by atoms with van der Waals surface area (Å²) >= 11 is 0. The predicted octanol–water partition coefficient (Wildman–Crippen LogP) is 1.74. The van der Waals surface area contributed by atoms with Crippen LogP contribution in [0.3, 0.4) is 0 Å². The molecule has 0 spiro atoms. The Kier molecular flexibility index (Phi) is 2.33. The number of pyridine rings is 1. The molecule has 0 aliphatic heterocycles. The molecule has 0 amide bonds. The largest absolute Gasteiger partial charge is 0.421 e. The van der Waals surface area contributed by atoms with Crippen molar-refractivity contribution in [3.05, 3.63) is 36.8 Å². The molecule has 6 heteroatoms. The zero-order valence-electron chi connectivity index (χ0n) is 9.74. The van der Waals surface area contributed by atoms with Crippen LogP contribution in [0, 0.1) is 0 Å². The van der Waals surface area contributed by atoms with Gasteiger partial charge in [0.1, 0.15) is 11.8 Å². The third kappa shape index (κ3) is 1.73. The van der Waals surface area contributed by atoms with E-state index in [9.17, 15) is 0 Å². The number of nitrogen functional groups attached to an aromatic ring is 1. The second-order valence-corrected chi connectivity index (χ2v) is 3.86. The van der Waals surface area contributed by atoms with Gasteiger partial charge in [0.2, 0.25) is 0 Å². The maximum absolute atomic E-state index is 5.89. The highest BCUT2D eigenvalue weighted by molar-refractivity contribution is 5.94. The number of benzene rings is 1. The lowest BCUT2D eigenvalue weighted by atomic mass is 10.2. The number of hydrogen-bond donors (Lipinski definition) is 1. The van der Waals surface area contributed by atoms with Gasteiger partial charge in [0.15, 0.2) is 5.75 Å². The first kappa shape index (κ1) is 10.5. The molecule has 0 saturated carbocycles. The first-order chi connectivity index (χ1) is 8.74. The van der Waals surface area contributed by atoms with Crippen molar-refractivity contribution < 1.29 is 4.74 Å². The Bertz CT molecular complexity index is 707. The molecule has 2 heterocycles. The first-order valence-electron chi connectivity index (χ1n) is 5.41. The Hall–Kier alpha value is -2.63. The van der Waals surface area contributed by atoms with Crippen molar-refractivity contribution >= 4 is 16.6 Å². The number of fused-ring (bicyclic) bond motifs is 1. The lowest BCUT2D eigenvalue weighted by Gasteiger charge is -2.06. The van der Waals surface area contributed by atoms with E-state index >= 15 is 0 Å². The van der Waals surface area contributed by atoms with Gasteiger partial charge in [0.05, 0.1) is 0 Å². The minimum absolute atomic E-state index is 0.286. The highest BCUT2D eigenvalue weighted by Gasteiger charge is 2.09. The van der Waals surface area contributed by atoms with Crippen LogP contribution in [-0.4, -0.2) is 19.7 Å². The summed E-state index contributed by atoms with van der Waals surface area (Å²) in [4.78, 5) is 8.29. The van der Waals surface area contributed by atoms with E-state index in [2.05, 4.69) is 15.1 Å². The summed E-state index contributed by atoms with van der Waals surface area (Å²) in [7, 11) is 1.78. The third-order valence-corrected chi connectivity index (χ3v) is 2.55. The molecule has 18 heavy (non-hydrogen) atoms. The summed E-state index contributed by atoms with van der Waals surface area (Å²) in [6.07, 6.45) is 3.27. The van der Waals surface area contributed by atoms with E-state index in [0.717, 1.165) is 5.39 Å². The SMILES string of the molecule is Cn1cnc(Oc2ccc(N)c3cccnc23)n1. The third-order valence-electron chi connectivity index (χ3n) is 2.55. The number of nitrogens with two attached hydrogens (primary N) is 1. The standard InChI is InChI=1S/C12H11N5O/c1-17-7-15-12(16-17)18-10-5-4-9(13)8-3-2-6-14-11(8)10/h2-7H,13H2,1H3. The highest BCUT2D eigenvalue weighted by Crippen LogP contribution is 2.30. The van der Waals surface area contributed by atoms with Gasteiger partial charge >= 0.3 is 6.01 Å². The van der Waals surface area contributed by atoms with Crippen molar-refractivity contribution in [2.45, 2.75) is 0 Å². The highest BCUT2D eigenvalue weighted by atomic mass is 16.5. The monoisotopic (exact) mass is 241 g/mol. The van der Waals surface area contributed by atoms with Crippen molar-refractivity contribution in [3.8, 4) is 11.8 Å². The van der Waals surface area contributed by atoms with Gasteiger partial charge < -0.3 is 10.5 Å². The van der Waals surface area contributed by atoms with Crippen molar-refractivity contribution in [1.82, 2.24) is 19.7 Å². The molecule has 0 bridgehead atoms. The molecule has 0 aliphatic rings. The van der Waals surface area contributed by atoms with Crippen LogP contribution in [-0.2, 0) is 7.05 Å². The number of hydrogen-bond acceptors (Lipinski definition) is 5. The average molecular weight is 241 g/mol. The van der Waals surface area contributed by atoms with Crippen LogP contribution in [0.15, 0.2) is 36.8 Å². The second-order valence-electron chi connectivity index (χ2n) is 3.86. The number of rotatable bonds is 2. The first-order valence-corrected chi connectivity index (χ1v) is 5.41. The minimum atomic E-state index is 0.286. The Morgan fingerprint density at radius 1 is 1.22 bits per heavy atom. The Morgan fingerprint density at radius 2 is 2.11 bits per heavy atom. The van der Waals surface area contributed by atoms with Crippen LogP contribution >= 0.6 is 0 Å². The van der Waals surface area contributed by atoms with Crippen LogP contribution in [0.1, 0.15) is 0 Å². The number of ether oxygens (including phenoxy) is 1. The molecule has 0 unspecified atom stereocenters. The van der Waals surface area contributed by atoms with Gasteiger partial charge in [-0.1, -0.05) is 0 Å². The van der Waals surface area contributed by atoms with E-state index in [-0.39, 0.29) is 6.01 Å². The maximum atomic E-state index is 5.89. The van der Waals surface area contributed by atoms with Gasteiger partial charge in [-0.15, -0.1) is 5.10 Å². The van der Waals surface area contributed by atoms with E-state index in [0.29, 0.717) is 17.0 Å². The molecule has 2 aromatic heterocycles. The topological polar surface area (TPSA) is 78.9 Å². The Balaban J connectivity index is 2.09.